The number of H-pyrrole nitrogens is 1. The van der Waals surface area contributed by atoms with Gasteiger partial charge in [-0.2, -0.15) is 0 Å². The molecule has 0 spiro atoms. The lowest BCUT2D eigenvalue weighted by Gasteiger charge is -2.02. The molecule has 0 bridgehead atoms. The first-order chi connectivity index (χ1) is 9.67. The predicted octanol–water partition coefficient (Wildman–Crippen LogP) is 2.39. The average molecular weight is 353 g/mol. The third-order valence-electron chi connectivity index (χ3n) is 2.57. The van der Waals surface area contributed by atoms with Gasteiger partial charge in [-0.1, -0.05) is 18.3 Å². The second-order valence-corrected chi connectivity index (χ2v) is 5.82. The van der Waals surface area contributed by atoms with Crippen molar-refractivity contribution in [2.24, 2.45) is 0 Å². The lowest BCUT2D eigenvalue weighted by Crippen LogP contribution is -2.14. The molecule has 3 heterocycles. The van der Waals surface area contributed by atoms with Crippen LogP contribution in [0.3, 0.4) is 0 Å². The van der Waals surface area contributed by atoms with E-state index in [9.17, 15) is 4.79 Å². The topological polar surface area (TPSA) is 96.5 Å². The molecule has 0 saturated heterocycles. The summed E-state index contributed by atoms with van der Waals surface area (Å²) >= 11 is 4.68. The molecule has 3 aromatic heterocycles. The van der Waals surface area contributed by atoms with E-state index in [0.29, 0.717) is 15.3 Å². The Kier molecular flexibility index (Phi) is 3.45. The molecule has 7 nitrogen and oxygen atoms in total. The minimum absolute atomic E-state index is 0.262. The van der Waals surface area contributed by atoms with Gasteiger partial charge in [0, 0.05) is 0 Å². The number of amides is 1. The molecule has 3 rings (SSSR count). The smallest absolute Gasteiger partial charge is 0.277 e. The molecule has 102 valence electrons. The zero-order valence-electron chi connectivity index (χ0n) is 10.3. The van der Waals surface area contributed by atoms with Crippen LogP contribution in [0, 0.1) is 0 Å². The number of hydrogen-bond donors (Lipinski definition) is 2. The lowest BCUT2D eigenvalue weighted by atomic mass is 10.3. The molecular weight excluding hydrogens is 344 g/mol. The van der Waals surface area contributed by atoms with E-state index < -0.39 is 0 Å². The van der Waals surface area contributed by atoms with Crippen molar-refractivity contribution >= 4 is 49.5 Å². The molecular formula is C11H9BrN6OS. The van der Waals surface area contributed by atoms with Gasteiger partial charge in [0.2, 0.25) is 5.13 Å². The first kappa shape index (κ1) is 13.1. The van der Waals surface area contributed by atoms with E-state index in [1.807, 2.05) is 6.92 Å². The number of nitrogens with zero attached hydrogens (tertiary/aromatic N) is 4. The van der Waals surface area contributed by atoms with Crippen LogP contribution in [-0.2, 0) is 6.42 Å². The molecule has 20 heavy (non-hydrogen) atoms. The lowest BCUT2D eigenvalue weighted by molar-refractivity contribution is 0.102. The summed E-state index contributed by atoms with van der Waals surface area (Å²) in [5, 5.41) is 11.9. The highest BCUT2D eigenvalue weighted by Gasteiger charge is 2.16. The number of rotatable bonds is 3. The van der Waals surface area contributed by atoms with Crippen LogP contribution in [0.1, 0.15) is 22.4 Å². The number of aryl methyl sites for hydroxylation is 1. The minimum atomic E-state index is -0.347. The maximum absolute atomic E-state index is 12.2. The highest BCUT2D eigenvalue weighted by atomic mass is 79.9. The van der Waals surface area contributed by atoms with Gasteiger partial charge in [0.1, 0.15) is 10.7 Å². The number of aromatic amines is 1. The summed E-state index contributed by atoms with van der Waals surface area (Å²) < 4.78 is 0.590. The van der Waals surface area contributed by atoms with Crippen molar-refractivity contribution in [1.82, 2.24) is 25.1 Å². The van der Waals surface area contributed by atoms with E-state index in [1.165, 1.54) is 17.7 Å². The Hall–Kier alpha value is -1.87. The number of nitrogens with one attached hydrogen (secondary N) is 2. The molecule has 0 saturated carbocycles. The summed E-state index contributed by atoms with van der Waals surface area (Å²) in [5.41, 5.74) is 1.51. The zero-order chi connectivity index (χ0) is 14.1. The number of carbonyl (C=O) groups is 1. The Morgan fingerprint density at radius 1 is 1.50 bits per heavy atom. The van der Waals surface area contributed by atoms with Crippen LogP contribution in [0.25, 0.3) is 11.2 Å². The maximum Gasteiger partial charge on any atom is 0.277 e. The third kappa shape index (κ3) is 2.41. The number of aromatic nitrogens is 5. The summed E-state index contributed by atoms with van der Waals surface area (Å²) in [5.74, 6) is -0.347. The predicted molar refractivity (Wildman–Crippen MR) is 78.8 cm³/mol. The molecule has 0 aliphatic carbocycles. The minimum Gasteiger partial charge on any atom is -0.343 e. The van der Waals surface area contributed by atoms with Gasteiger partial charge in [0.25, 0.3) is 5.91 Å². The maximum atomic E-state index is 12.2. The molecule has 9 heteroatoms. The van der Waals surface area contributed by atoms with E-state index in [4.69, 9.17) is 0 Å². The van der Waals surface area contributed by atoms with Gasteiger partial charge in [0.05, 0.1) is 16.3 Å². The normalized spacial score (nSPS) is 10.9. The quantitative estimate of drug-likeness (QED) is 0.754. The van der Waals surface area contributed by atoms with E-state index in [0.717, 1.165) is 16.9 Å². The molecule has 0 fully saturated rings. The van der Waals surface area contributed by atoms with Crippen LogP contribution in [0.2, 0.25) is 0 Å². The van der Waals surface area contributed by atoms with E-state index >= 15 is 0 Å². The molecule has 0 aliphatic heterocycles. The monoisotopic (exact) mass is 352 g/mol. The van der Waals surface area contributed by atoms with Gasteiger partial charge in [-0.25, -0.2) is 9.97 Å². The highest BCUT2D eigenvalue weighted by Crippen LogP contribution is 2.21. The number of imidazole rings is 1. The van der Waals surface area contributed by atoms with Crippen LogP contribution in [-0.4, -0.2) is 31.1 Å². The SMILES string of the molecule is CCc1nnc(NC(=O)c2nc3nc[nH]c3cc2Br)s1. The van der Waals surface area contributed by atoms with Crippen molar-refractivity contribution in [3.63, 3.8) is 0 Å². The average Bonchev–Trinajstić information content (AvgIpc) is 3.05. The summed E-state index contributed by atoms with van der Waals surface area (Å²) in [4.78, 5) is 23.4. The summed E-state index contributed by atoms with van der Waals surface area (Å²) in [6.07, 6.45) is 2.32. The summed E-state index contributed by atoms with van der Waals surface area (Å²) in [7, 11) is 0. The Labute approximate surface area is 126 Å². The second kappa shape index (κ2) is 5.25. The van der Waals surface area contributed by atoms with E-state index in [1.54, 1.807) is 6.07 Å². The molecule has 0 atom stereocenters. The van der Waals surface area contributed by atoms with Gasteiger partial charge in [-0.15, -0.1) is 10.2 Å². The van der Waals surface area contributed by atoms with Crippen LogP contribution in [0.5, 0.6) is 0 Å². The fraction of sp³-hybridized carbons (Fsp3) is 0.182. The van der Waals surface area contributed by atoms with E-state index in [2.05, 4.69) is 46.4 Å². The summed E-state index contributed by atoms with van der Waals surface area (Å²) in [6.45, 7) is 1.98. The van der Waals surface area contributed by atoms with Gasteiger partial charge in [0.15, 0.2) is 5.65 Å². The molecule has 0 aromatic carbocycles. The molecule has 0 unspecified atom stereocenters. The Bertz CT molecular complexity index is 782. The van der Waals surface area contributed by atoms with Crippen molar-refractivity contribution in [2.75, 3.05) is 5.32 Å². The van der Waals surface area contributed by atoms with Crippen molar-refractivity contribution in [2.45, 2.75) is 13.3 Å². The largest absolute Gasteiger partial charge is 0.343 e. The molecule has 1 amide bonds. The van der Waals surface area contributed by atoms with E-state index in [-0.39, 0.29) is 11.6 Å². The molecule has 3 aromatic rings. The van der Waals surface area contributed by atoms with Crippen LogP contribution in [0.15, 0.2) is 16.9 Å². The van der Waals surface area contributed by atoms with Gasteiger partial charge in [-0.05, 0) is 28.4 Å². The van der Waals surface area contributed by atoms with Crippen LogP contribution < -0.4 is 5.32 Å². The molecule has 0 radical (unpaired) electrons. The fourth-order valence-corrected chi connectivity index (χ4v) is 2.78. The standard InChI is InChI=1S/C11H9BrN6OS/c1-2-7-17-18-11(20-7)16-10(19)8-5(12)3-6-9(15-8)14-4-13-6/h3-4H,2H2,1H3,(H,13,14,15)(H,16,18,19). The fourth-order valence-electron chi connectivity index (χ4n) is 1.61. The van der Waals surface area contributed by atoms with Gasteiger partial charge >= 0.3 is 0 Å². The number of anilines is 1. The molecule has 2 N–H and O–H groups in total. The van der Waals surface area contributed by atoms with Gasteiger partial charge < -0.3 is 4.98 Å². The molecule has 0 aliphatic rings. The van der Waals surface area contributed by atoms with Crippen molar-refractivity contribution < 1.29 is 4.79 Å². The number of hydrogen-bond acceptors (Lipinski definition) is 6. The third-order valence-corrected chi connectivity index (χ3v) is 4.16. The number of pyridine rings is 1. The summed E-state index contributed by atoms with van der Waals surface area (Å²) in [6, 6.07) is 1.77. The van der Waals surface area contributed by atoms with Crippen molar-refractivity contribution in [3.05, 3.63) is 27.6 Å². The number of halogens is 1. The van der Waals surface area contributed by atoms with Gasteiger partial charge in [-0.3, -0.25) is 10.1 Å². The van der Waals surface area contributed by atoms with Crippen LogP contribution in [0.4, 0.5) is 5.13 Å². The first-order valence-electron chi connectivity index (χ1n) is 5.80. The zero-order valence-corrected chi connectivity index (χ0v) is 12.7. The first-order valence-corrected chi connectivity index (χ1v) is 7.41. The Balaban J connectivity index is 1.89. The Morgan fingerprint density at radius 3 is 3.10 bits per heavy atom. The van der Waals surface area contributed by atoms with Crippen molar-refractivity contribution in [3.8, 4) is 0 Å². The number of carbonyl (C=O) groups excluding carboxylic acids is 1. The van der Waals surface area contributed by atoms with Crippen molar-refractivity contribution in [1.29, 1.82) is 0 Å². The second-order valence-electron chi connectivity index (χ2n) is 3.90. The van der Waals surface area contributed by atoms with Crippen LogP contribution >= 0.6 is 27.3 Å². The number of fused-ring (bicyclic) bond motifs is 1. The highest BCUT2D eigenvalue weighted by molar-refractivity contribution is 9.10. The Morgan fingerprint density at radius 2 is 2.35 bits per heavy atom.